The van der Waals surface area contributed by atoms with Gasteiger partial charge in [-0.2, -0.15) is 0 Å². The van der Waals surface area contributed by atoms with E-state index in [-0.39, 0.29) is 36.4 Å². The second kappa shape index (κ2) is 10.4. The van der Waals surface area contributed by atoms with Gasteiger partial charge in [-0.3, -0.25) is 19.0 Å². The van der Waals surface area contributed by atoms with Crippen molar-refractivity contribution in [1.29, 1.82) is 0 Å². The smallest absolute Gasteiger partial charge is 0.326 e. The Kier molecular flexibility index (Phi) is 7.40. The molecule has 0 aliphatic carbocycles. The lowest BCUT2D eigenvalue weighted by Crippen LogP contribution is -2.31. The first kappa shape index (κ1) is 22.0. The van der Waals surface area contributed by atoms with Crippen molar-refractivity contribution in [1.82, 2.24) is 9.55 Å². The molecule has 0 atom stereocenters. The maximum absolute atomic E-state index is 13.0. The van der Waals surface area contributed by atoms with E-state index in [0.717, 1.165) is 5.56 Å². The standard InChI is InChI=1S/C22H20ClN3O5/c1-30-17(27)12-24-21-22(29)26(13-18(28)31-14-15-8-4-2-5-9-15)19(20(23)25-21)16-10-6-3-7-11-16/h2-11H,12-14H2,1H3,(H,24,25). The predicted molar refractivity (Wildman–Crippen MR) is 116 cm³/mol. The Morgan fingerprint density at radius 3 is 2.32 bits per heavy atom. The van der Waals surface area contributed by atoms with Gasteiger partial charge in [0.2, 0.25) is 0 Å². The molecule has 0 saturated heterocycles. The van der Waals surface area contributed by atoms with Crippen molar-refractivity contribution < 1.29 is 19.1 Å². The van der Waals surface area contributed by atoms with E-state index in [4.69, 9.17) is 16.3 Å². The minimum absolute atomic E-state index is 0.00553. The van der Waals surface area contributed by atoms with Gasteiger partial charge in [0, 0.05) is 5.56 Å². The molecule has 0 fully saturated rings. The Morgan fingerprint density at radius 2 is 1.68 bits per heavy atom. The number of nitrogens with zero attached hydrogens (tertiary/aromatic N) is 2. The molecule has 1 N–H and O–H groups in total. The first-order valence-corrected chi connectivity index (χ1v) is 9.73. The van der Waals surface area contributed by atoms with E-state index in [1.165, 1.54) is 11.7 Å². The van der Waals surface area contributed by atoms with E-state index >= 15 is 0 Å². The van der Waals surface area contributed by atoms with E-state index in [1.807, 2.05) is 36.4 Å². The fourth-order valence-corrected chi connectivity index (χ4v) is 3.11. The molecule has 3 aromatic rings. The normalized spacial score (nSPS) is 10.4. The summed E-state index contributed by atoms with van der Waals surface area (Å²) < 4.78 is 11.1. The van der Waals surface area contributed by atoms with Gasteiger partial charge in [-0.1, -0.05) is 72.3 Å². The highest BCUT2D eigenvalue weighted by Gasteiger charge is 2.20. The Labute approximate surface area is 183 Å². The highest BCUT2D eigenvalue weighted by molar-refractivity contribution is 6.32. The van der Waals surface area contributed by atoms with Crippen LogP contribution < -0.4 is 10.9 Å². The van der Waals surface area contributed by atoms with Gasteiger partial charge in [0.1, 0.15) is 19.7 Å². The van der Waals surface area contributed by atoms with Crippen molar-refractivity contribution >= 4 is 29.4 Å². The van der Waals surface area contributed by atoms with Gasteiger partial charge in [-0.25, -0.2) is 4.98 Å². The number of aromatic nitrogens is 2. The van der Waals surface area contributed by atoms with E-state index in [2.05, 4.69) is 15.0 Å². The van der Waals surface area contributed by atoms with E-state index in [9.17, 15) is 14.4 Å². The number of hydrogen-bond donors (Lipinski definition) is 1. The molecule has 1 aromatic heterocycles. The van der Waals surface area contributed by atoms with Crippen LogP contribution in [0.3, 0.4) is 0 Å². The van der Waals surface area contributed by atoms with Gasteiger partial charge in [0.25, 0.3) is 5.56 Å². The number of esters is 2. The number of rotatable bonds is 8. The molecule has 0 amide bonds. The van der Waals surface area contributed by atoms with Crippen LogP contribution in [0.2, 0.25) is 5.15 Å². The molecule has 0 aliphatic heterocycles. The van der Waals surface area contributed by atoms with Gasteiger partial charge in [0.15, 0.2) is 11.0 Å². The van der Waals surface area contributed by atoms with Crippen LogP contribution in [0.25, 0.3) is 11.3 Å². The van der Waals surface area contributed by atoms with Crippen molar-refractivity contribution in [2.45, 2.75) is 13.2 Å². The molecule has 31 heavy (non-hydrogen) atoms. The Balaban J connectivity index is 1.92. The molecule has 0 saturated carbocycles. The van der Waals surface area contributed by atoms with Crippen LogP contribution in [0, 0.1) is 0 Å². The largest absolute Gasteiger partial charge is 0.468 e. The summed E-state index contributed by atoms with van der Waals surface area (Å²) >= 11 is 6.37. The zero-order valence-electron chi connectivity index (χ0n) is 16.7. The first-order valence-electron chi connectivity index (χ1n) is 9.35. The fourth-order valence-electron chi connectivity index (χ4n) is 2.82. The fraction of sp³-hybridized carbons (Fsp3) is 0.182. The quantitative estimate of drug-likeness (QED) is 0.536. The molecule has 0 radical (unpaired) electrons. The van der Waals surface area contributed by atoms with E-state index in [1.54, 1.807) is 24.3 Å². The summed E-state index contributed by atoms with van der Waals surface area (Å²) in [5.74, 6) is -1.38. The first-order chi connectivity index (χ1) is 15.0. The maximum Gasteiger partial charge on any atom is 0.326 e. The van der Waals surface area contributed by atoms with Crippen LogP contribution in [0.1, 0.15) is 5.56 Å². The number of halogens is 1. The number of hydrogen-bond acceptors (Lipinski definition) is 7. The van der Waals surface area contributed by atoms with Gasteiger partial charge in [0.05, 0.1) is 12.8 Å². The van der Waals surface area contributed by atoms with Gasteiger partial charge >= 0.3 is 11.9 Å². The molecular formula is C22H20ClN3O5. The third kappa shape index (κ3) is 5.70. The second-order valence-electron chi connectivity index (χ2n) is 6.43. The molecule has 1 heterocycles. The zero-order valence-corrected chi connectivity index (χ0v) is 17.5. The summed E-state index contributed by atoms with van der Waals surface area (Å²) in [5.41, 5.74) is 1.07. The number of benzene rings is 2. The Bertz CT molecular complexity index is 1120. The average Bonchev–Trinajstić information content (AvgIpc) is 2.80. The second-order valence-corrected chi connectivity index (χ2v) is 6.79. The van der Waals surface area contributed by atoms with Crippen LogP contribution >= 0.6 is 11.6 Å². The van der Waals surface area contributed by atoms with Crippen molar-refractivity contribution in [3.05, 3.63) is 81.7 Å². The average molecular weight is 442 g/mol. The van der Waals surface area contributed by atoms with Gasteiger partial charge < -0.3 is 14.8 Å². The lowest BCUT2D eigenvalue weighted by atomic mass is 10.1. The SMILES string of the molecule is COC(=O)CNc1nc(Cl)c(-c2ccccc2)n(CC(=O)OCc2ccccc2)c1=O. The van der Waals surface area contributed by atoms with E-state index < -0.39 is 17.5 Å². The molecule has 160 valence electrons. The van der Waals surface area contributed by atoms with Crippen LogP contribution in [-0.4, -0.2) is 35.1 Å². The highest BCUT2D eigenvalue weighted by atomic mass is 35.5. The number of carbonyl (C=O) groups excluding carboxylic acids is 2. The van der Waals surface area contributed by atoms with Gasteiger partial charge in [-0.05, 0) is 5.56 Å². The third-order valence-corrected chi connectivity index (χ3v) is 4.59. The number of ether oxygens (including phenoxy) is 2. The minimum atomic E-state index is -0.621. The van der Waals surface area contributed by atoms with Crippen molar-refractivity contribution in [2.24, 2.45) is 0 Å². The number of nitrogens with one attached hydrogen (secondary N) is 1. The number of anilines is 1. The Morgan fingerprint density at radius 1 is 1.03 bits per heavy atom. The van der Waals surface area contributed by atoms with Crippen molar-refractivity contribution in [3.63, 3.8) is 0 Å². The summed E-state index contributed by atoms with van der Waals surface area (Å²) in [7, 11) is 1.23. The zero-order chi connectivity index (χ0) is 22.2. The van der Waals surface area contributed by atoms with Gasteiger partial charge in [-0.15, -0.1) is 0 Å². The van der Waals surface area contributed by atoms with Crippen LogP contribution in [0.4, 0.5) is 5.82 Å². The maximum atomic E-state index is 13.0. The van der Waals surface area contributed by atoms with Crippen LogP contribution in [0.15, 0.2) is 65.5 Å². The lowest BCUT2D eigenvalue weighted by Gasteiger charge is -2.16. The van der Waals surface area contributed by atoms with Crippen molar-refractivity contribution in [2.75, 3.05) is 19.0 Å². The Hall–Kier alpha value is -3.65. The van der Waals surface area contributed by atoms with Crippen molar-refractivity contribution in [3.8, 4) is 11.3 Å². The molecule has 0 unspecified atom stereocenters. The summed E-state index contributed by atoms with van der Waals surface area (Å²) in [6.07, 6.45) is 0. The molecule has 9 heteroatoms. The van der Waals surface area contributed by atoms with Crippen LogP contribution in [-0.2, 0) is 32.2 Å². The minimum Gasteiger partial charge on any atom is -0.468 e. The summed E-state index contributed by atoms with van der Waals surface area (Å²) in [4.78, 5) is 41.1. The summed E-state index contributed by atoms with van der Waals surface area (Å²) in [6, 6.07) is 18.0. The molecule has 2 aromatic carbocycles. The highest BCUT2D eigenvalue weighted by Crippen LogP contribution is 2.26. The topological polar surface area (TPSA) is 99.5 Å². The predicted octanol–water partition coefficient (Wildman–Crippen LogP) is 2.89. The molecule has 3 rings (SSSR count). The monoisotopic (exact) mass is 441 g/mol. The summed E-state index contributed by atoms with van der Waals surface area (Å²) in [6.45, 7) is -0.593. The third-order valence-electron chi connectivity index (χ3n) is 4.33. The lowest BCUT2D eigenvalue weighted by molar-refractivity contribution is -0.145. The number of carbonyl (C=O) groups is 2. The van der Waals surface area contributed by atoms with E-state index in [0.29, 0.717) is 5.56 Å². The molecule has 0 spiro atoms. The number of methoxy groups -OCH3 is 1. The molecule has 0 aliphatic rings. The summed E-state index contributed by atoms with van der Waals surface area (Å²) in [5, 5.41) is 2.59. The molecule has 0 bridgehead atoms. The van der Waals surface area contributed by atoms with Crippen LogP contribution in [0.5, 0.6) is 0 Å². The molecule has 8 nitrogen and oxygen atoms in total. The molecular weight excluding hydrogens is 422 g/mol.